The third kappa shape index (κ3) is 6.79. The van der Waals surface area contributed by atoms with E-state index in [1.54, 1.807) is 61.6 Å². The van der Waals surface area contributed by atoms with E-state index >= 15 is 0 Å². The molecule has 7 rings (SSSR count). The molecule has 0 saturated carbocycles. The quantitative estimate of drug-likeness (QED) is 0.258. The van der Waals surface area contributed by atoms with E-state index in [4.69, 9.17) is 14.2 Å². The number of nitrogens with zero attached hydrogens (tertiary/aromatic N) is 5. The van der Waals surface area contributed by atoms with Gasteiger partial charge in [-0.15, -0.1) is 0 Å². The summed E-state index contributed by atoms with van der Waals surface area (Å²) >= 11 is 0. The molecule has 0 radical (unpaired) electrons. The van der Waals surface area contributed by atoms with Crippen molar-refractivity contribution in [1.29, 1.82) is 0 Å². The maximum absolute atomic E-state index is 13.6. The van der Waals surface area contributed by atoms with Crippen molar-refractivity contribution in [3.8, 4) is 11.6 Å². The molecule has 3 aliphatic heterocycles. The Balaban J connectivity index is 1.03. The van der Waals surface area contributed by atoms with Crippen LogP contribution < -0.4 is 25.0 Å². The highest BCUT2D eigenvalue weighted by atomic mass is 16.5. The monoisotopic (exact) mass is 665 g/mol. The minimum absolute atomic E-state index is 0.0142. The van der Waals surface area contributed by atoms with Gasteiger partial charge in [0.15, 0.2) is 5.76 Å². The number of carbonyl (C=O) groups excluding carboxylic acids is 3. The van der Waals surface area contributed by atoms with Crippen LogP contribution in [0.5, 0.6) is 11.6 Å². The normalized spacial score (nSPS) is 17.6. The number of aryl methyl sites for hydroxylation is 1. The van der Waals surface area contributed by atoms with Crippen molar-refractivity contribution in [2.24, 2.45) is 13.0 Å². The highest BCUT2D eigenvalue weighted by molar-refractivity contribution is 6.16. The largest absolute Gasteiger partial charge is 0.474 e. The van der Waals surface area contributed by atoms with Crippen molar-refractivity contribution in [1.82, 2.24) is 19.4 Å². The van der Waals surface area contributed by atoms with Crippen LogP contribution in [0.25, 0.3) is 17.1 Å². The first-order valence-corrected chi connectivity index (χ1v) is 16.5. The van der Waals surface area contributed by atoms with Crippen molar-refractivity contribution in [3.05, 3.63) is 71.9 Å². The van der Waals surface area contributed by atoms with Crippen LogP contribution in [0.15, 0.2) is 60.7 Å². The Kier molecular flexibility index (Phi) is 8.91. The molecular formula is C36H39N7O6. The Bertz CT molecular complexity index is 1920. The number of nitrogens with one attached hydrogen (secondary N) is 2. The van der Waals surface area contributed by atoms with Gasteiger partial charge in [0.1, 0.15) is 17.5 Å². The first-order chi connectivity index (χ1) is 23.7. The number of ketones is 1. The lowest BCUT2D eigenvalue weighted by molar-refractivity contribution is -0.133. The molecule has 6 heterocycles. The number of Topliss-reactive ketones (excluding diaryl/α,β-unsaturated/α-hetero) is 1. The molecule has 254 valence electrons. The molecule has 13 nitrogen and oxygen atoms in total. The first-order valence-electron chi connectivity index (χ1n) is 16.5. The number of fused-ring (bicyclic) bond motifs is 2. The molecule has 13 heteroatoms. The van der Waals surface area contributed by atoms with Gasteiger partial charge in [0, 0.05) is 93.8 Å². The van der Waals surface area contributed by atoms with Crippen LogP contribution in [0.1, 0.15) is 41.6 Å². The summed E-state index contributed by atoms with van der Waals surface area (Å²) in [6.45, 7) is 2.83. The predicted octanol–water partition coefficient (Wildman–Crippen LogP) is 5.09. The molecule has 1 aromatic carbocycles. The van der Waals surface area contributed by atoms with E-state index < -0.39 is 6.03 Å². The second kappa shape index (κ2) is 13.6. The minimum Gasteiger partial charge on any atom is -0.474 e. The van der Waals surface area contributed by atoms with Crippen molar-refractivity contribution >= 4 is 51.9 Å². The number of pyridine rings is 2. The summed E-state index contributed by atoms with van der Waals surface area (Å²) in [7, 11) is 5.52. The number of rotatable bonds is 7. The van der Waals surface area contributed by atoms with Crippen LogP contribution in [-0.2, 0) is 16.6 Å². The molecule has 0 aliphatic carbocycles. The third-order valence-corrected chi connectivity index (χ3v) is 9.15. The van der Waals surface area contributed by atoms with Gasteiger partial charge in [-0.2, -0.15) is 0 Å². The predicted molar refractivity (Wildman–Crippen MR) is 185 cm³/mol. The molecule has 3 aromatic heterocycles. The lowest BCUT2D eigenvalue weighted by Crippen LogP contribution is -2.40. The summed E-state index contributed by atoms with van der Waals surface area (Å²) in [5.74, 6) is 0.988. The highest BCUT2D eigenvalue weighted by Gasteiger charge is 2.30. The summed E-state index contributed by atoms with van der Waals surface area (Å²) in [6.07, 6.45) is 10.3. The number of piperidine rings is 1. The number of aromatic nitrogens is 3. The third-order valence-electron chi connectivity index (χ3n) is 9.15. The second-order valence-corrected chi connectivity index (χ2v) is 12.8. The number of anilines is 3. The van der Waals surface area contributed by atoms with Gasteiger partial charge < -0.3 is 39.2 Å². The van der Waals surface area contributed by atoms with Gasteiger partial charge in [-0.3, -0.25) is 9.59 Å². The molecule has 0 bridgehead atoms. The molecule has 2 N–H and O–H groups in total. The lowest BCUT2D eigenvalue weighted by Gasteiger charge is -2.34. The van der Waals surface area contributed by atoms with Crippen LogP contribution in [0, 0.1) is 5.92 Å². The molecule has 3 amide bonds. The van der Waals surface area contributed by atoms with Gasteiger partial charge in [-0.05, 0) is 49.2 Å². The molecule has 0 unspecified atom stereocenters. The van der Waals surface area contributed by atoms with E-state index in [1.807, 2.05) is 23.9 Å². The van der Waals surface area contributed by atoms with Crippen molar-refractivity contribution in [3.63, 3.8) is 0 Å². The van der Waals surface area contributed by atoms with Crippen molar-refractivity contribution < 1.29 is 28.6 Å². The second-order valence-electron chi connectivity index (χ2n) is 12.8. The molecule has 4 aromatic rings. The smallest absolute Gasteiger partial charge is 0.323 e. The van der Waals surface area contributed by atoms with Gasteiger partial charge in [-0.25, -0.2) is 14.8 Å². The van der Waals surface area contributed by atoms with Crippen LogP contribution in [0.3, 0.4) is 0 Å². The lowest BCUT2D eigenvalue weighted by atomic mass is 9.95. The zero-order valence-electron chi connectivity index (χ0n) is 27.8. The van der Waals surface area contributed by atoms with Gasteiger partial charge in [0.25, 0.3) is 0 Å². The number of ether oxygens (including phenoxy) is 3. The van der Waals surface area contributed by atoms with E-state index in [-0.39, 0.29) is 29.5 Å². The Labute approximate surface area is 283 Å². The minimum atomic E-state index is -0.479. The summed E-state index contributed by atoms with van der Waals surface area (Å²) in [4.78, 5) is 51.8. The van der Waals surface area contributed by atoms with Crippen molar-refractivity contribution in [2.45, 2.75) is 31.8 Å². The average molecular weight is 666 g/mol. The number of carbonyl (C=O) groups is 3. The fraction of sp³-hybridized carbons (Fsp3) is 0.361. The van der Waals surface area contributed by atoms with Crippen LogP contribution >= 0.6 is 0 Å². The number of hydrogen-bond donors (Lipinski definition) is 2. The molecule has 0 spiro atoms. The maximum atomic E-state index is 13.6. The van der Waals surface area contributed by atoms with E-state index in [1.165, 1.54) is 6.20 Å². The maximum Gasteiger partial charge on any atom is 0.323 e. The Morgan fingerprint density at radius 2 is 1.76 bits per heavy atom. The molecule has 0 atom stereocenters. The topological polar surface area (TPSA) is 140 Å². The summed E-state index contributed by atoms with van der Waals surface area (Å²) in [5, 5.41) is 6.46. The molecular weight excluding hydrogens is 626 g/mol. The standard InChI is InChI=1S/C36H39N7O6/c1-41(2)35(45)22-9-14-43(15-10-22)28-8-13-37-34-32(28)23(21-42(34)3)18-30-33(44)27-19-24(4-6-29(27)49-30)39-36(46)40-25-5-7-31(38-20-25)48-26-11-16-47-17-12-26/h4-8,13,18-22,26H,9-12,14-17H2,1-3H3,(H2,39,40,46)/b30-18-. The van der Waals surface area contributed by atoms with Crippen molar-refractivity contribution in [2.75, 3.05) is 55.9 Å². The van der Waals surface area contributed by atoms with Crippen LogP contribution in [0.2, 0.25) is 0 Å². The van der Waals surface area contributed by atoms with E-state index in [2.05, 4.69) is 25.5 Å². The Morgan fingerprint density at radius 1 is 1.00 bits per heavy atom. The van der Waals surface area contributed by atoms with Gasteiger partial charge in [0.05, 0.1) is 30.7 Å². The fourth-order valence-corrected chi connectivity index (χ4v) is 6.62. The SMILES string of the molecule is CN(C)C(=O)C1CCN(c2ccnc3c2c(/C=C2\Oc4ccc(NC(=O)Nc5ccc(OC6CCOCC6)nc5)cc4C2=O)cn3C)CC1. The van der Waals surface area contributed by atoms with E-state index in [0.29, 0.717) is 41.8 Å². The van der Waals surface area contributed by atoms with Gasteiger partial charge in [0.2, 0.25) is 17.6 Å². The van der Waals surface area contributed by atoms with Crippen LogP contribution in [-0.4, -0.2) is 83.7 Å². The molecule has 2 saturated heterocycles. The summed E-state index contributed by atoms with van der Waals surface area (Å²) in [6, 6.07) is 9.91. The highest BCUT2D eigenvalue weighted by Crippen LogP contribution is 2.37. The van der Waals surface area contributed by atoms with Crippen LogP contribution in [0.4, 0.5) is 21.9 Å². The molecule has 49 heavy (non-hydrogen) atoms. The summed E-state index contributed by atoms with van der Waals surface area (Å²) in [5.41, 5.74) is 3.89. The number of urea groups is 1. The Hall–Kier alpha value is -5.43. The van der Waals surface area contributed by atoms with E-state index in [0.717, 1.165) is 61.1 Å². The number of hydrogen-bond acceptors (Lipinski definition) is 9. The Morgan fingerprint density at radius 3 is 2.49 bits per heavy atom. The first kappa shape index (κ1) is 32.1. The number of amides is 3. The number of benzene rings is 1. The van der Waals surface area contributed by atoms with Gasteiger partial charge >= 0.3 is 6.03 Å². The van der Waals surface area contributed by atoms with E-state index in [9.17, 15) is 14.4 Å². The molecule has 3 aliphatic rings. The number of allylic oxidation sites excluding steroid dienone is 1. The molecule has 2 fully saturated rings. The summed E-state index contributed by atoms with van der Waals surface area (Å²) < 4.78 is 19.2. The zero-order valence-corrected chi connectivity index (χ0v) is 27.8. The van der Waals surface area contributed by atoms with Gasteiger partial charge in [-0.1, -0.05) is 0 Å². The fourth-order valence-electron chi connectivity index (χ4n) is 6.62. The average Bonchev–Trinajstić information content (AvgIpc) is 3.60. The zero-order chi connectivity index (χ0) is 34.1.